The van der Waals surface area contributed by atoms with Crippen molar-refractivity contribution in [1.29, 1.82) is 0 Å². The Labute approximate surface area is 127 Å². The average Bonchev–Trinajstić information content (AvgIpc) is 3.05. The molecule has 0 unspecified atom stereocenters. The average molecular weight is 304 g/mol. The second kappa shape index (κ2) is 5.81. The SMILES string of the molecule is Cc1cc2c(cc1F)[nH]c(=S)n2CCCCn1ccnc1. The quantitative estimate of drug-likeness (QED) is 0.575. The van der Waals surface area contributed by atoms with Crippen molar-refractivity contribution in [3.8, 4) is 0 Å². The van der Waals surface area contributed by atoms with Gasteiger partial charge in [0.25, 0.3) is 0 Å². The standard InChI is InChI=1S/C15H17FN4S/c1-11-8-14-13(9-12(11)16)18-15(21)20(14)6-3-2-5-19-7-4-17-10-19/h4,7-10H,2-3,5-6H2,1H3,(H,18,21). The maximum absolute atomic E-state index is 13.6. The molecule has 0 aliphatic rings. The molecule has 1 N–H and O–H groups in total. The molecule has 21 heavy (non-hydrogen) atoms. The maximum Gasteiger partial charge on any atom is 0.178 e. The van der Waals surface area contributed by atoms with Gasteiger partial charge in [-0.3, -0.25) is 0 Å². The molecular formula is C15H17FN4S. The fourth-order valence-corrected chi connectivity index (χ4v) is 2.79. The Hall–Kier alpha value is -1.95. The number of benzene rings is 1. The number of nitrogens with one attached hydrogen (secondary N) is 1. The topological polar surface area (TPSA) is 38.5 Å². The predicted molar refractivity (Wildman–Crippen MR) is 83.3 cm³/mol. The summed E-state index contributed by atoms with van der Waals surface area (Å²) in [5.41, 5.74) is 2.38. The van der Waals surface area contributed by atoms with Gasteiger partial charge < -0.3 is 14.1 Å². The Morgan fingerprint density at radius 2 is 2.10 bits per heavy atom. The largest absolute Gasteiger partial charge is 0.337 e. The van der Waals surface area contributed by atoms with Gasteiger partial charge in [0.2, 0.25) is 0 Å². The molecule has 4 nitrogen and oxygen atoms in total. The predicted octanol–water partition coefficient (Wildman–Crippen LogP) is 3.82. The lowest BCUT2D eigenvalue weighted by Crippen LogP contribution is -2.01. The van der Waals surface area contributed by atoms with Crippen LogP contribution >= 0.6 is 12.2 Å². The highest BCUT2D eigenvalue weighted by atomic mass is 32.1. The molecule has 0 radical (unpaired) electrons. The van der Waals surface area contributed by atoms with Crippen LogP contribution in [-0.2, 0) is 13.1 Å². The minimum Gasteiger partial charge on any atom is -0.337 e. The van der Waals surface area contributed by atoms with Crippen molar-refractivity contribution in [2.75, 3.05) is 0 Å². The fraction of sp³-hybridized carbons (Fsp3) is 0.333. The molecule has 0 saturated carbocycles. The second-order valence-corrected chi connectivity index (χ2v) is 5.59. The highest BCUT2D eigenvalue weighted by molar-refractivity contribution is 7.71. The number of rotatable bonds is 5. The summed E-state index contributed by atoms with van der Waals surface area (Å²) < 4.78 is 18.3. The zero-order chi connectivity index (χ0) is 14.8. The third-order valence-electron chi connectivity index (χ3n) is 3.66. The first-order valence-electron chi connectivity index (χ1n) is 6.99. The van der Waals surface area contributed by atoms with Gasteiger partial charge in [-0.2, -0.15) is 0 Å². The summed E-state index contributed by atoms with van der Waals surface area (Å²) >= 11 is 5.34. The third-order valence-corrected chi connectivity index (χ3v) is 3.98. The molecule has 3 aromatic rings. The van der Waals surface area contributed by atoms with Crippen molar-refractivity contribution in [2.24, 2.45) is 0 Å². The van der Waals surface area contributed by atoms with Crippen molar-refractivity contribution in [1.82, 2.24) is 19.1 Å². The smallest absolute Gasteiger partial charge is 0.178 e. The van der Waals surface area contributed by atoms with Crippen LogP contribution < -0.4 is 0 Å². The van der Waals surface area contributed by atoms with E-state index in [4.69, 9.17) is 12.2 Å². The van der Waals surface area contributed by atoms with E-state index in [9.17, 15) is 4.39 Å². The molecule has 3 rings (SSSR count). The third kappa shape index (κ3) is 2.90. The Bertz CT molecular complexity index is 801. The van der Waals surface area contributed by atoms with Crippen LogP contribution in [0.2, 0.25) is 0 Å². The van der Waals surface area contributed by atoms with Crippen LogP contribution in [0.3, 0.4) is 0 Å². The van der Waals surface area contributed by atoms with E-state index in [0.717, 1.165) is 37.0 Å². The second-order valence-electron chi connectivity index (χ2n) is 5.21. The summed E-state index contributed by atoms with van der Waals surface area (Å²) in [6.07, 6.45) is 7.63. The number of nitrogens with zero attached hydrogens (tertiary/aromatic N) is 3. The number of aromatic nitrogens is 4. The Balaban J connectivity index is 1.73. The molecule has 0 saturated heterocycles. The highest BCUT2D eigenvalue weighted by Crippen LogP contribution is 2.19. The van der Waals surface area contributed by atoms with Gasteiger partial charge in [0, 0.05) is 25.5 Å². The molecule has 2 aromatic heterocycles. The van der Waals surface area contributed by atoms with Crippen LogP contribution in [0, 0.1) is 17.5 Å². The van der Waals surface area contributed by atoms with E-state index >= 15 is 0 Å². The molecule has 0 atom stereocenters. The molecule has 110 valence electrons. The molecule has 6 heteroatoms. The number of aryl methyl sites for hydroxylation is 3. The molecule has 0 fully saturated rings. The lowest BCUT2D eigenvalue weighted by molar-refractivity contribution is 0.556. The summed E-state index contributed by atoms with van der Waals surface area (Å²) in [6, 6.07) is 3.37. The molecule has 0 aliphatic heterocycles. The van der Waals surface area contributed by atoms with Crippen molar-refractivity contribution in [2.45, 2.75) is 32.9 Å². The van der Waals surface area contributed by atoms with E-state index in [1.165, 1.54) is 6.07 Å². The Kier molecular flexibility index (Phi) is 3.88. The van der Waals surface area contributed by atoms with E-state index in [0.29, 0.717) is 10.3 Å². The van der Waals surface area contributed by atoms with Crippen LogP contribution in [0.1, 0.15) is 18.4 Å². The highest BCUT2D eigenvalue weighted by Gasteiger charge is 2.07. The summed E-state index contributed by atoms with van der Waals surface area (Å²) in [4.78, 5) is 7.10. The lowest BCUT2D eigenvalue weighted by Gasteiger charge is -2.06. The van der Waals surface area contributed by atoms with Crippen molar-refractivity contribution in [3.63, 3.8) is 0 Å². The Morgan fingerprint density at radius 1 is 1.29 bits per heavy atom. The summed E-state index contributed by atoms with van der Waals surface area (Å²) in [5, 5.41) is 0. The normalized spacial score (nSPS) is 11.3. The van der Waals surface area contributed by atoms with E-state index in [1.54, 1.807) is 13.1 Å². The number of hydrogen-bond donors (Lipinski definition) is 1. The molecule has 2 heterocycles. The molecular weight excluding hydrogens is 287 g/mol. The van der Waals surface area contributed by atoms with Gasteiger partial charge in [-0.05, 0) is 49.7 Å². The van der Waals surface area contributed by atoms with Gasteiger partial charge in [0.1, 0.15) is 5.82 Å². The van der Waals surface area contributed by atoms with Crippen molar-refractivity contribution >= 4 is 23.3 Å². The first kappa shape index (κ1) is 14.0. The fourth-order valence-electron chi connectivity index (χ4n) is 2.49. The van der Waals surface area contributed by atoms with Crippen LogP contribution in [0.25, 0.3) is 11.0 Å². The van der Waals surface area contributed by atoms with Gasteiger partial charge in [-0.15, -0.1) is 0 Å². The zero-order valence-corrected chi connectivity index (χ0v) is 12.7. The van der Waals surface area contributed by atoms with Gasteiger partial charge in [0.15, 0.2) is 4.77 Å². The van der Waals surface area contributed by atoms with Crippen LogP contribution in [0.15, 0.2) is 30.9 Å². The maximum atomic E-state index is 13.6. The summed E-state index contributed by atoms with van der Waals surface area (Å²) in [6.45, 7) is 3.55. The molecule has 0 spiro atoms. The zero-order valence-electron chi connectivity index (χ0n) is 11.8. The number of H-pyrrole nitrogens is 1. The van der Waals surface area contributed by atoms with Crippen LogP contribution in [0.4, 0.5) is 4.39 Å². The molecule has 0 amide bonds. The number of hydrogen-bond acceptors (Lipinski definition) is 2. The summed E-state index contributed by atoms with van der Waals surface area (Å²) in [5.74, 6) is -0.203. The number of halogens is 1. The minimum atomic E-state index is -0.203. The van der Waals surface area contributed by atoms with Gasteiger partial charge in [-0.1, -0.05) is 0 Å². The van der Waals surface area contributed by atoms with E-state index in [1.807, 2.05) is 23.2 Å². The van der Waals surface area contributed by atoms with Crippen molar-refractivity contribution < 1.29 is 4.39 Å². The van der Waals surface area contributed by atoms with E-state index < -0.39 is 0 Å². The Morgan fingerprint density at radius 3 is 2.86 bits per heavy atom. The lowest BCUT2D eigenvalue weighted by atomic mass is 10.2. The number of unbranched alkanes of at least 4 members (excludes halogenated alkanes) is 1. The van der Waals surface area contributed by atoms with Crippen molar-refractivity contribution in [3.05, 3.63) is 47.0 Å². The molecule has 0 aliphatic carbocycles. The van der Waals surface area contributed by atoms with Gasteiger partial charge in [-0.25, -0.2) is 9.37 Å². The van der Waals surface area contributed by atoms with Gasteiger partial charge in [0.05, 0.1) is 17.4 Å². The minimum absolute atomic E-state index is 0.203. The van der Waals surface area contributed by atoms with Gasteiger partial charge >= 0.3 is 0 Å². The van der Waals surface area contributed by atoms with Crippen LogP contribution in [-0.4, -0.2) is 19.1 Å². The van der Waals surface area contributed by atoms with E-state index in [-0.39, 0.29) is 5.82 Å². The number of aromatic amines is 1. The number of fused-ring (bicyclic) bond motifs is 1. The number of imidazole rings is 2. The van der Waals surface area contributed by atoms with Crippen LogP contribution in [0.5, 0.6) is 0 Å². The first-order chi connectivity index (χ1) is 10.1. The first-order valence-corrected chi connectivity index (χ1v) is 7.40. The molecule has 0 bridgehead atoms. The molecule has 1 aromatic carbocycles. The summed E-state index contributed by atoms with van der Waals surface area (Å²) in [7, 11) is 0. The van der Waals surface area contributed by atoms with E-state index in [2.05, 4.69) is 14.5 Å². The monoisotopic (exact) mass is 304 g/mol.